The summed E-state index contributed by atoms with van der Waals surface area (Å²) in [6.45, 7) is 1.77. The quantitative estimate of drug-likeness (QED) is 0.510. The number of rotatable bonds is 2. The summed E-state index contributed by atoms with van der Waals surface area (Å²) in [5.74, 6) is 2.00. The second-order valence-electron chi connectivity index (χ2n) is 7.99. The van der Waals surface area contributed by atoms with Crippen molar-refractivity contribution in [3.63, 3.8) is 0 Å². The number of piperazine rings is 1. The van der Waals surface area contributed by atoms with Gasteiger partial charge in [0.05, 0.1) is 33.9 Å². The maximum absolute atomic E-state index is 4.76. The number of hydrogen-bond acceptors (Lipinski definition) is 8. The highest BCUT2D eigenvalue weighted by Gasteiger charge is 2.40. The van der Waals surface area contributed by atoms with Crippen molar-refractivity contribution in [1.29, 1.82) is 0 Å². The lowest BCUT2D eigenvalue weighted by Crippen LogP contribution is -2.61. The number of pyridine rings is 2. The summed E-state index contributed by atoms with van der Waals surface area (Å²) in [6, 6.07) is 4.67. The van der Waals surface area contributed by atoms with Gasteiger partial charge in [-0.05, 0) is 25.0 Å². The standard InChI is InChI=1S/C22H22N8/c1-2-4-20-19(3-1)29(21-15-11-23-13-27-17(15)5-7-25-21)9-10-30(20)22-16-12-24-14-28-18(16)6-8-26-22/h5-8,11-14,19-20H,1-4,9-10H2/t19-,20-/m1/s1. The van der Waals surface area contributed by atoms with Crippen LogP contribution in [0.5, 0.6) is 0 Å². The monoisotopic (exact) mass is 398 g/mol. The van der Waals surface area contributed by atoms with Crippen LogP contribution in [0.3, 0.4) is 0 Å². The SMILES string of the molecule is c1cc2ncncc2c(N2CCN(c3nccc4ncncc34)[C@@H]3CCCC[C@H]32)n1. The number of fused-ring (bicyclic) bond motifs is 3. The Balaban J connectivity index is 1.42. The van der Waals surface area contributed by atoms with E-state index >= 15 is 0 Å². The minimum Gasteiger partial charge on any atom is -0.349 e. The first-order valence-electron chi connectivity index (χ1n) is 10.5. The summed E-state index contributed by atoms with van der Waals surface area (Å²) in [6.07, 6.45) is 15.5. The molecule has 2 fully saturated rings. The molecular formula is C22H22N8. The average Bonchev–Trinajstić information content (AvgIpc) is 2.83. The van der Waals surface area contributed by atoms with Crippen LogP contribution in [0.15, 0.2) is 49.6 Å². The van der Waals surface area contributed by atoms with Gasteiger partial charge in [-0.3, -0.25) is 0 Å². The maximum Gasteiger partial charge on any atom is 0.139 e. The fourth-order valence-electron chi connectivity index (χ4n) is 5.13. The fraction of sp³-hybridized carbons (Fsp3) is 0.364. The first-order chi connectivity index (χ1) is 14.9. The molecule has 4 aromatic rings. The Labute approximate surface area is 174 Å². The molecule has 2 aliphatic rings. The molecule has 1 aliphatic carbocycles. The molecule has 0 N–H and O–H groups in total. The molecule has 0 radical (unpaired) electrons. The highest BCUT2D eigenvalue weighted by atomic mass is 15.4. The highest BCUT2D eigenvalue weighted by molar-refractivity contribution is 5.90. The molecule has 150 valence electrons. The third-order valence-electron chi connectivity index (χ3n) is 6.45. The van der Waals surface area contributed by atoms with Crippen LogP contribution in [0.25, 0.3) is 21.8 Å². The molecule has 0 bridgehead atoms. The van der Waals surface area contributed by atoms with E-state index in [1.807, 2.05) is 36.9 Å². The summed E-state index contributed by atoms with van der Waals surface area (Å²) < 4.78 is 0. The molecule has 0 spiro atoms. The van der Waals surface area contributed by atoms with E-state index in [-0.39, 0.29) is 0 Å². The second-order valence-corrected chi connectivity index (χ2v) is 7.99. The normalized spacial score (nSPS) is 21.7. The molecular weight excluding hydrogens is 376 g/mol. The zero-order valence-corrected chi connectivity index (χ0v) is 16.6. The highest BCUT2D eigenvalue weighted by Crippen LogP contribution is 2.37. The molecule has 1 saturated carbocycles. The third kappa shape index (κ3) is 2.74. The number of nitrogens with zero attached hydrogens (tertiary/aromatic N) is 8. The van der Waals surface area contributed by atoms with Gasteiger partial charge in [0.15, 0.2) is 0 Å². The minimum atomic E-state index is 0.382. The Kier molecular flexibility index (Phi) is 4.14. The van der Waals surface area contributed by atoms with Crippen LogP contribution >= 0.6 is 0 Å². The molecule has 8 nitrogen and oxygen atoms in total. The summed E-state index contributed by atoms with van der Waals surface area (Å²) >= 11 is 0. The Hall–Kier alpha value is -3.42. The molecule has 0 unspecified atom stereocenters. The molecule has 8 heteroatoms. The van der Waals surface area contributed by atoms with E-state index in [1.165, 1.54) is 12.8 Å². The smallest absolute Gasteiger partial charge is 0.139 e. The molecule has 1 saturated heterocycles. The van der Waals surface area contributed by atoms with Gasteiger partial charge in [-0.2, -0.15) is 0 Å². The predicted octanol–water partition coefficient (Wildman–Crippen LogP) is 3.00. The van der Waals surface area contributed by atoms with Gasteiger partial charge >= 0.3 is 0 Å². The topological polar surface area (TPSA) is 83.8 Å². The van der Waals surface area contributed by atoms with E-state index < -0.39 is 0 Å². The lowest BCUT2D eigenvalue weighted by Gasteiger charge is -2.51. The van der Waals surface area contributed by atoms with Crippen LogP contribution in [0, 0.1) is 0 Å². The number of hydrogen-bond donors (Lipinski definition) is 0. The van der Waals surface area contributed by atoms with Gasteiger partial charge < -0.3 is 9.80 Å². The first kappa shape index (κ1) is 17.4. The molecule has 1 aliphatic heterocycles. The summed E-state index contributed by atoms with van der Waals surface area (Å²) in [5.41, 5.74) is 1.88. The third-order valence-corrected chi connectivity index (χ3v) is 6.45. The molecule has 0 amide bonds. The molecule has 4 aromatic heterocycles. The van der Waals surface area contributed by atoms with Crippen molar-refractivity contribution in [3.8, 4) is 0 Å². The molecule has 30 heavy (non-hydrogen) atoms. The van der Waals surface area contributed by atoms with Crippen molar-refractivity contribution < 1.29 is 0 Å². The van der Waals surface area contributed by atoms with Crippen LogP contribution in [0.1, 0.15) is 25.7 Å². The van der Waals surface area contributed by atoms with Gasteiger partial charge in [-0.25, -0.2) is 29.9 Å². The Morgan fingerprint density at radius 2 is 1.17 bits per heavy atom. The van der Waals surface area contributed by atoms with E-state index in [1.54, 1.807) is 12.7 Å². The van der Waals surface area contributed by atoms with Crippen LogP contribution < -0.4 is 9.80 Å². The summed E-state index contributed by atoms with van der Waals surface area (Å²) in [7, 11) is 0. The molecule has 5 heterocycles. The lowest BCUT2D eigenvalue weighted by molar-refractivity contribution is 0.317. The van der Waals surface area contributed by atoms with E-state index in [0.29, 0.717) is 12.1 Å². The van der Waals surface area contributed by atoms with Gasteiger partial charge in [0.2, 0.25) is 0 Å². The molecule has 0 aromatic carbocycles. The minimum absolute atomic E-state index is 0.382. The van der Waals surface area contributed by atoms with Crippen LogP contribution in [0.2, 0.25) is 0 Å². The molecule has 6 rings (SSSR count). The van der Waals surface area contributed by atoms with Gasteiger partial charge in [0.1, 0.15) is 24.3 Å². The largest absolute Gasteiger partial charge is 0.349 e. The van der Waals surface area contributed by atoms with Crippen LogP contribution in [-0.2, 0) is 0 Å². The number of anilines is 2. The van der Waals surface area contributed by atoms with Crippen molar-refractivity contribution >= 4 is 33.4 Å². The van der Waals surface area contributed by atoms with Gasteiger partial charge in [-0.15, -0.1) is 0 Å². The fourth-order valence-corrected chi connectivity index (χ4v) is 5.13. The first-order valence-corrected chi connectivity index (χ1v) is 10.5. The predicted molar refractivity (Wildman–Crippen MR) is 115 cm³/mol. The zero-order valence-electron chi connectivity index (χ0n) is 16.6. The van der Waals surface area contributed by atoms with E-state index in [0.717, 1.165) is 59.4 Å². The Bertz CT molecular complexity index is 1110. The molecule has 2 atom stereocenters. The lowest BCUT2D eigenvalue weighted by atomic mass is 9.86. The van der Waals surface area contributed by atoms with E-state index in [9.17, 15) is 0 Å². The summed E-state index contributed by atoms with van der Waals surface area (Å²) in [4.78, 5) is 31.8. The van der Waals surface area contributed by atoms with Crippen molar-refractivity contribution in [2.24, 2.45) is 0 Å². The maximum atomic E-state index is 4.76. The van der Waals surface area contributed by atoms with Crippen LogP contribution in [-0.4, -0.2) is 55.1 Å². The van der Waals surface area contributed by atoms with Gasteiger partial charge in [0, 0.05) is 37.9 Å². The summed E-state index contributed by atoms with van der Waals surface area (Å²) in [5, 5.41) is 2.05. The second kappa shape index (κ2) is 7.12. The van der Waals surface area contributed by atoms with Crippen molar-refractivity contribution in [1.82, 2.24) is 29.9 Å². The Morgan fingerprint density at radius 1 is 0.667 bits per heavy atom. The van der Waals surface area contributed by atoms with Gasteiger partial charge in [0.25, 0.3) is 0 Å². The Morgan fingerprint density at radius 3 is 1.67 bits per heavy atom. The van der Waals surface area contributed by atoms with Crippen molar-refractivity contribution in [2.75, 3.05) is 22.9 Å². The van der Waals surface area contributed by atoms with Crippen LogP contribution in [0.4, 0.5) is 11.6 Å². The zero-order chi connectivity index (χ0) is 19.9. The van der Waals surface area contributed by atoms with E-state index in [2.05, 4.69) is 29.7 Å². The van der Waals surface area contributed by atoms with Crippen molar-refractivity contribution in [2.45, 2.75) is 37.8 Å². The number of aromatic nitrogens is 6. The van der Waals surface area contributed by atoms with Crippen molar-refractivity contribution in [3.05, 3.63) is 49.6 Å². The average molecular weight is 398 g/mol. The van der Waals surface area contributed by atoms with E-state index in [4.69, 9.17) is 9.97 Å². The van der Waals surface area contributed by atoms with Gasteiger partial charge in [-0.1, -0.05) is 12.8 Å².